The number of rotatable bonds is 5. The van der Waals surface area contributed by atoms with Gasteiger partial charge in [0.2, 0.25) is 5.91 Å². The number of hydroxylamine groups is 2. The van der Waals surface area contributed by atoms with Crippen LogP contribution in [0.2, 0.25) is 0 Å². The van der Waals surface area contributed by atoms with Gasteiger partial charge in [-0.2, -0.15) is 0 Å². The van der Waals surface area contributed by atoms with Crippen LogP contribution >= 0.6 is 0 Å². The maximum absolute atomic E-state index is 11.4. The normalized spacial score (nSPS) is 15.2. The molecule has 1 amide bonds. The Morgan fingerprint density at radius 2 is 1.92 bits per heavy atom. The molecule has 2 atom stereocenters. The summed E-state index contributed by atoms with van der Waals surface area (Å²) in [7, 11) is 3.15. The fourth-order valence-corrected chi connectivity index (χ4v) is 1.11. The first kappa shape index (κ1) is 12.4. The summed E-state index contributed by atoms with van der Waals surface area (Å²) in [6.07, 6.45) is 1.69. The third kappa shape index (κ3) is 4.27. The summed E-state index contributed by atoms with van der Waals surface area (Å²) in [6.45, 7) is 6.42. The average molecular weight is 187 g/mol. The van der Waals surface area contributed by atoms with Gasteiger partial charge in [-0.15, -0.1) is 0 Å². The third-order valence-electron chi connectivity index (χ3n) is 2.74. The molecule has 0 bridgehead atoms. The maximum atomic E-state index is 11.4. The van der Waals surface area contributed by atoms with Crippen molar-refractivity contribution in [1.82, 2.24) is 5.06 Å². The molecule has 0 spiro atoms. The van der Waals surface area contributed by atoms with Crippen molar-refractivity contribution in [3.8, 4) is 0 Å². The molecule has 0 aliphatic heterocycles. The molecule has 0 aromatic rings. The highest BCUT2D eigenvalue weighted by Crippen LogP contribution is 2.18. The molecule has 3 nitrogen and oxygen atoms in total. The van der Waals surface area contributed by atoms with E-state index >= 15 is 0 Å². The Morgan fingerprint density at radius 3 is 2.31 bits per heavy atom. The highest BCUT2D eigenvalue weighted by molar-refractivity contribution is 5.74. The molecule has 0 aromatic carbocycles. The van der Waals surface area contributed by atoms with Crippen LogP contribution in [0.5, 0.6) is 0 Å². The van der Waals surface area contributed by atoms with E-state index in [1.54, 1.807) is 7.05 Å². The topological polar surface area (TPSA) is 29.5 Å². The fourth-order valence-electron chi connectivity index (χ4n) is 1.11. The second-order valence-corrected chi connectivity index (χ2v) is 3.64. The van der Waals surface area contributed by atoms with Gasteiger partial charge in [0, 0.05) is 13.5 Å². The van der Waals surface area contributed by atoms with Crippen LogP contribution in [0.4, 0.5) is 0 Å². The highest BCUT2D eigenvalue weighted by atomic mass is 16.7. The zero-order valence-electron chi connectivity index (χ0n) is 9.33. The molecule has 0 radical (unpaired) electrons. The smallest absolute Gasteiger partial charge is 0.246 e. The molecular formula is C10H21NO2. The number of amides is 1. The first-order chi connectivity index (χ1) is 6.02. The standard InChI is InChI=1S/C10H21NO2/c1-6-8(2)9(3)7-10(12)11(4)13-5/h8-9H,6-7H2,1-5H3/t8-,9+/m0/s1. The van der Waals surface area contributed by atoms with Gasteiger partial charge in [-0.25, -0.2) is 5.06 Å². The van der Waals surface area contributed by atoms with Crippen molar-refractivity contribution in [2.75, 3.05) is 14.2 Å². The number of hydrogen-bond donors (Lipinski definition) is 0. The van der Waals surface area contributed by atoms with Gasteiger partial charge in [0.25, 0.3) is 0 Å². The van der Waals surface area contributed by atoms with Gasteiger partial charge >= 0.3 is 0 Å². The summed E-state index contributed by atoms with van der Waals surface area (Å²) in [5, 5.41) is 1.29. The van der Waals surface area contributed by atoms with Crippen LogP contribution < -0.4 is 0 Å². The summed E-state index contributed by atoms with van der Waals surface area (Å²) < 4.78 is 0. The quantitative estimate of drug-likeness (QED) is 0.617. The molecule has 3 heteroatoms. The van der Waals surface area contributed by atoms with Crippen molar-refractivity contribution in [3.63, 3.8) is 0 Å². The molecule has 78 valence electrons. The Labute approximate surface area is 81.0 Å². The molecule has 0 rings (SSSR count). The first-order valence-corrected chi connectivity index (χ1v) is 4.83. The number of carbonyl (C=O) groups is 1. The minimum absolute atomic E-state index is 0.0512. The lowest BCUT2D eigenvalue weighted by molar-refractivity contribution is -0.169. The van der Waals surface area contributed by atoms with Crippen molar-refractivity contribution in [2.45, 2.75) is 33.6 Å². The Hall–Kier alpha value is -0.570. The van der Waals surface area contributed by atoms with Crippen molar-refractivity contribution >= 4 is 5.91 Å². The predicted molar refractivity (Wildman–Crippen MR) is 53.0 cm³/mol. The number of hydrogen-bond acceptors (Lipinski definition) is 2. The zero-order chi connectivity index (χ0) is 10.4. The van der Waals surface area contributed by atoms with Crippen molar-refractivity contribution in [3.05, 3.63) is 0 Å². The number of nitrogens with zero attached hydrogens (tertiary/aromatic N) is 1. The van der Waals surface area contributed by atoms with Crippen LogP contribution in [0.25, 0.3) is 0 Å². The van der Waals surface area contributed by atoms with Gasteiger partial charge < -0.3 is 0 Å². The van der Waals surface area contributed by atoms with E-state index in [1.165, 1.54) is 12.2 Å². The van der Waals surface area contributed by atoms with E-state index in [0.717, 1.165) is 6.42 Å². The summed E-state index contributed by atoms with van der Waals surface area (Å²) in [5.74, 6) is 1.07. The highest BCUT2D eigenvalue weighted by Gasteiger charge is 2.16. The van der Waals surface area contributed by atoms with E-state index in [9.17, 15) is 4.79 Å². The maximum Gasteiger partial charge on any atom is 0.246 e. The van der Waals surface area contributed by atoms with E-state index in [4.69, 9.17) is 4.84 Å². The van der Waals surface area contributed by atoms with Crippen LogP contribution in [0.15, 0.2) is 0 Å². The average Bonchev–Trinajstić information content (AvgIpc) is 2.14. The van der Waals surface area contributed by atoms with Gasteiger partial charge in [-0.3, -0.25) is 9.63 Å². The van der Waals surface area contributed by atoms with Gasteiger partial charge in [-0.1, -0.05) is 27.2 Å². The van der Waals surface area contributed by atoms with Crippen LogP contribution in [0.3, 0.4) is 0 Å². The Kier molecular flexibility index (Phi) is 5.71. The van der Waals surface area contributed by atoms with E-state index in [0.29, 0.717) is 18.3 Å². The first-order valence-electron chi connectivity index (χ1n) is 4.83. The molecule has 0 saturated carbocycles. The van der Waals surface area contributed by atoms with Gasteiger partial charge in [0.05, 0.1) is 7.11 Å². The lowest BCUT2D eigenvalue weighted by atomic mass is 9.90. The second kappa shape index (κ2) is 5.97. The van der Waals surface area contributed by atoms with Crippen molar-refractivity contribution < 1.29 is 9.63 Å². The predicted octanol–water partition coefficient (Wildman–Crippen LogP) is 2.08. The van der Waals surface area contributed by atoms with E-state index in [-0.39, 0.29) is 5.91 Å². The SMILES string of the molecule is CC[C@H](C)[C@H](C)CC(=O)N(C)OC. The van der Waals surface area contributed by atoms with Gasteiger partial charge in [-0.05, 0) is 11.8 Å². The van der Waals surface area contributed by atoms with E-state index in [1.807, 2.05) is 0 Å². The molecule has 0 unspecified atom stereocenters. The Morgan fingerprint density at radius 1 is 1.38 bits per heavy atom. The van der Waals surface area contributed by atoms with Crippen molar-refractivity contribution in [2.24, 2.45) is 11.8 Å². The largest absolute Gasteiger partial charge is 0.275 e. The minimum Gasteiger partial charge on any atom is -0.275 e. The Balaban J connectivity index is 3.91. The van der Waals surface area contributed by atoms with E-state index < -0.39 is 0 Å². The monoisotopic (exact) mass is 187 g/mol. The third-order valence-corrected chi connectivity index (χ3v) is 2.74. The van der Waals surface area contributed by atoms with Crippen LogP contribution in [-0.4, -0.2) is 25.1 Å². The van der Waals surface area contributed by atoms with Gasteiger partial charge in [0.1, 0.15) is 0 Å². The molecular weight excluding hydrogens is 166 g/mol. The van der Waals surface area contributed by atoms with Crippen LogP contribution in [0, 0.1) is 11.8 Å². The summed E-state index contributed by atoms with van der Waals surface area (Å²) in [4.78, 5) is 16.2. The number of carbonyl (C=O) groups excluding carboxylic acids is 1. The van der Waals surface area contributed by atoms with Crippen molar-refractivity contribution in [1.29, 1.82) is 0 Å². The molecule has 0 fully saturated rings. The van der Waals surface area contributed by atoms with Crippen LogP contribution in [0.1, 0.15) is 33.6 Å². The van der Waals surface area contributed by atoms with Crippen LogP contribution in [-0.2, 0) is 9.63 Å². The summed E-state index contributed by atoms with van der Waals surface area (Å²) in [5.41, 5.74) is 0. The lowest BCUT2D eigenvalue weighted by Gasteiger charge is -2.20. The second-order valence-electron chi connectivity index (χ2n) is 3.64. The molecule has 0 heterocycles. The molecule has 13 heavy (non-hydrogen) atoms. The van der Waals surface area contributed by atoms with E-state index in [2.05, 4.69) is 20.8 Å². The molecule has 0 saturated heterocycles. The zero-order valence-corrected chi connectivity index (χ0v) is 9.33. The minimum atomic E-state index is 0.0512. The fraction of sp³-hybridized carbons (Fsp3) is 0.900. The summed E-state index contributed by atoms with van der Waals surface area (Å²) >= 11 is 0. The molecule has 0 aliphatic rings. The molecule has 0 aliphatic carbocycles. The Bertz CT molecular complexity index is 159. The molecule has 0 aromatic heterocycles. The lowest BCUT2D eigenvalue weighted by Crippen LogP contribution is -2.28. The molecule has 0 N–H and O–H groups in total. The van der Waals surface area contributed by atoms with Gasteiger partial charge in [0.15, 0.2) is 0 Å². The summed E-state index contributed by atoms with van der Waals surface area (Å²) in [6, 6.07) is 0.